The molecule has 0 aliphatic carbocycles. The van der Waals surface area contributed by atoms with Crippen LogP contribution in [0.3, 0.4) is 0 Å². The molecule has 4 heteroatoms. The summed E-state index contributed by atoms with van der Waals surface area (Å²) in [6, 6.07) is 10.6. The van der Waals surface area contributed by atoms with Crippen LogP contribution in [0.2, 0.25) is 4.34 Å². The van der Waals surface area contributed by atoms with Crippen LogP contribution >= 0.6 is 22.9 Å². The van der Waals surface area contributed by atoms with Gasteiger partial charge in [-0.15, -0.1) is 11.3 Å². The van der Waals surface area contributed by atoms with Crippen LogP contribution in [0.25, 0.3) is 0 Å². The average Bonchev–Trinajstić information content (AvgIpc) is 2.66. The first kappa shape index (κ1) is 13.5. The van der Waals surface area contributed by atoms with Crippen LogP contribution < -0.4 is 5.73 Å². The second kappa shape index (κ2) is 5.39. The van der Waals surface area contributed by atoms with E-state index in [2.05, 4.69) is 0 Å². The van der Waals surface area contributed by atoms with Crippen molar-refractivity contribution in [2.75, 3.05) is 0 Å². The van der Waals surface area contributed by atoms with Crippen molar-refractivity contribution < 1.29 is 4.39 Å². The SMILES string of the molecule is CC(N)(Cc1ccc(Cl)s1)Cc1ccccc1F. The Morgan fingerprint density at radius 3 is 2.56 bits per heavy atom. The van der Waals surface area contributed by atoms with Gasteiger partial charge in [-0.05, 0) is 43.5 Å². The van der Waals surface area contributed by atoms with Gasteiger partial charge in [-0.3, -0.25) is 0 Å². The lowest BCUT2D eigenvalue weighted by molar-refractivity contribution is 0.454. The van der Waals surface area contributed by atoms with Crippen molar-refractivity contribution in [3.05, 3.63) is 57.0 Å². The third kappa shape index (κ3) is 3.55. The van der Waals surface area contributed by atoms with E-state index < -0.39 is 5.54 Å². The van der Waals surface area contributed by atoms with Crippen LogP contribution in [-0.2, 0) is 12.8 Å². The highest BCUT2D eigenvalue weighted by atomic mass is 35.5. The Morgan fingerprint density at radius 1 is 1.22 bits per heavy atom. The molecule has 96 valence electrons. The van der Waals surface area contributed by atoms with Gasteiger partial charge in [0.05, 0.1) is 4.34 Å². The number of hydrogen-bond acceptors (Lipinski definition) is 2. The average molecular weight is 284 g/mol. The van der Waals surface area contributed by atoms with E-state index in [1.54, 1.807) is 12.1 Å². The van der Waals surface area contributed by atoms with Crippen LogP contribution in [0, 0.1) is 5.82 Å². The summed E-state index contributed by atoms with van der Waals surface area (Å²) in [4.78, 5) is 1.13. The standard InChI is InChI=1S/C14H15ClFNS/c1-14(17,9-11-6-7-13(15)18-11)8-10-4-2-3-5-12(10)16/h2-7H,8-9,17H2,1H3. The van der Waals surface area contributed by atoms with Gasteiger partial charge in [-0.1, -0.05) is 29.8 Å². The fraction of sp³-hybridized carbons (Fsp3) is 0.286. The predicted molar refractivity (Wildman–Crippen MR) is 75.7 cm³/mol. The lowest BCUT2D eigenvalue weighted by Gasteiger charge is -2.24. The molecule has 0 amide bonds. The van der Waals surface area contributed by atoms with Crippen LogP contribution in [0.1, 0.15) is 17.4 Å². The maximum Gasteiger partial charge on any atom is 0.126 e. The largest absolute Gasteiger partial charge is 0.325 e. The third-order valence-corrected chi connectivity index (χ3v) is 3.99. The van der Waals surface area contributed by atoms with E-state index >= 15 is 0 Å². The van der Waals surface area contributed by atoms with E-state index in [1.165, 1.54) is 17.4 Å². The normalized spacial score (nSPS) is 14.4. The van der Waals surface area contributed by atoms with Gasteiger partial charge in [0.2, 0.25) is 0 Å². The van der Waals surface area contributed by atoms with E-state index in [-0.39, 0.29) is 5.82 Å². The maximum absolute atomic E-state index is 13.6. The molecule has 1 atom stereocenters. The van der Waals surface area contributed by atoms with Gasteiger partial charge in [0.1, 0.15) is 5.82 Å². The van der Waals surface area contributed by atoms with Crippen molar-refractivity contribution in [3.63, 3.8) is 0 Å². The lowest BCUT2D eigenvalue weighted by Crippen LogP contribution is -2.40. The topological polar surface area (TPSA) is 26.0 Å². The molecular formula is C14H15ClFNS. The Labute approximate surface area is 115 Å². The number of rotatable bonds is 4. The van der Waals surface area contributed by atoms with Crippen LogP contribution in [-0.4, -0.2) is 5.54 Å². The second-order valence-corrected chi connectivity index (χ2v) is 6.60. The Kier molecular flexibility index (Phi) is 4.05. The predicted octanol–water partition coefficient (Wildman–Crippen LogP) is 4.04. The molecule has 1 unspecified atom stereocenters. The molecule has 2 rings (SSSR count). The number of halogens is 2. The molecule has 0 saturated heterocycles. The van der Waals surface area contributed by atoms with Crippen molar-refractivity contribution in [1.29, 1.82) is 0 Å². The summed E-state index contributed by atoms with van der Waals surface area (Å²) in [6.45, 7) is 1.94. The highest BCUT2D eigenvalue weighted by molar-refractivity contribution is 7.16. The first-order valence-electron chi connectivity index (χ1n) is 5.73. The summed E-state index contributed by atoms with van der Waals surface area (Å²) in [5.41, 5.74) is 6.44. The molecular weight excluding hydrogens is 269 g/mol. The quantitative estimate of drug-likeness (QED) is 0.900. The summed E-state index contributed by atoms with van der Waals surface area (Å²) in [6.07, 6.45) is 1.20. The van der Waals surface area contributed by atoms with Gasteiger partial charge >= 0.3 is 0 Å². The van der Waals surface area contributed by atoms with Gasteiger partial charge < -0.3 is 5.73 Å². The zero-order valence-corrected chi connectivity index (χ0v) is 11.7. The smallest absolute Gasteiger partial charge is 0.126 e. The van der Waals surface area contributed by atoms with E-state index in [4.69, 9.17) is 17.3 Å². The highest BCUT2D eigenvalue weighted by Crippen LogP contribution is 2.26. The van der Waals surface area contributed by atoms with Gasteiger partial charge in [0, 0.05) is 10.4 Å². The molecule has 0 saturated carbocycles. The molecule has 0 fully saturated rings. The molecule has 0 spiro atoms. The number of thiophene rings is 1. The maximum atomic E-state index is 13.6. The molecule has 1 aromatic heterocycles. The first-order valence-corrected chi connectivity index (χ1v) is 6.92. The number of benzene rings is 1. The Morgan fingerprint density at radius 2 is 1.94 bits per heavy atom. The highest BCUT2D eigenvalue weighted by Gasteiger charge is 2.22. The van der Waals surface area contributed by atoms with Crippen molar-refractivity contribution in [2.45, 2.75) is 25.3 Å². The summed E-state index contributed by atoms with van der Waals surface area (Å²) >= 11 is 7.41. The molecule has 0 aliphatic rings. The zero-order chi connectivity index (χ0) is 13.2. The fourth-order valence-corrected chi connectivity index (χ4v) is 3.27. The minimum atomic E-state index is -0.476. The third-order valence-electron chi connectivity index (χ3n) is 2.76. The van der Waals surface area contributed by atoms with Gasteiger partial charge in [-0.2, -0.15) is 0 Å². The molecule has 1 nitrogen and oxygen atoms in total. The molecule has 1 heterocycles. The summed E-state index contributed by atoms with van der Waals surface area (Å²) in [5.74, 6) is -0.196. The molecule has 0 radical (unpaired) electrons. The minimum absolute atomic E-state index is 0.196. The lowest BCUT2D eigenvalue weighted by atomic mass is 9.90. The zero-order valence-electron chi connectivity index (χ0n) is 10.1. The molecule has 1 aromatic carbocycles. The molecule has 0 bridgehead atoms. The first-order chi connectivity index (χ1) is 8.46. The number of nitrogens with two attached hydrogens (primary N) is 1. The van der Waals surface area contributed by atoms with E-state index in [0.717, 1.165) is 9.21 Å². The van der Waals surface area contributed by atoms with Crippen molar-refractivity contribution >= 4 is 22.9 Å². The number of hydrogen-bond donors (Lipinski definition) is 1. The van der Waals surface area contributed by atoms with E-state index in [0.29, 0.717) is 18.4 Å². The Hall–Kier alpha value is -0.900. The molecule has 0 aliphatic heterocycles. The molecule has 2 N–H and O–H groups in total. The van der Waals surface area contributed by atoms with E-state index in [1.807, 2.05) is 25.1 Å². The summed E-state index contributed by atoms with van der Waals surface area (Å²) in [5, 5.41) is 0. The van der Waals surface area contributed by atoms with Crippen LogP contribution in [0.15, 0.2) is 36.4 Å². The second-order valence-electron chi connectivity index (χ2n) is 4.80. The monoisotopic (exact) mass is 283 g/mol. The van der Waals surface area contributed by atoms with Crippen LogP contribution in [0.4, 0.5) is 4.39 Å². The molecule has 18 heavy (non-hydrogen) atoms. The van der Waals surface area contributed by atoms with Gasteiger partial charge in [-0.25, -0.2) is 4.39 Å². The summed E-state index contributed by atoms with van der Waals surface area (Å²) < 4.78 is 14.3. The van der Waals surface area contributed by atoms with Crippen LogP contribution in [0.5, 0.6) is 0 Å². The van der Waals surface area contributed by atoms with Crippen molar-refractivity contribution in [3.8, 4) is 0 Å². The van der Waals surface area contributed by atoms with Crippen molar-refractivity contribution in [2.24, 2.45) is 5.73 Å². The summed E-state index contributed by atoms with van der Waals surface area (Å²) in [7, 11) is 0. The Bertz CT molecular complexity index is 536. The Balaban J connectivity index is 2.10. The van der Waals surface area contributed by atoms with Crippen molar-refractivity contribution in [1.82, 2.24) is 0 Å². The fourth-order valence-electron chi connectivity index (χ4n) is 1.98. The van der Waals surface area contributed by atoms with Gasteiger partial charge in [0.15, 0.2) is 0 Å². The minimum Gasteiger partial charge on any atom is -0.325 e. The molecule has 2 aromatic rings. The van der Waals surface area contributed by atoms with Gasteiger partial charge in [0.25, 0.3) is 0 Å². The van der Waals surface area contributed by atoms with E-state index in [9.17, 15) is 4.39 Å².